The minimum Gasteiger partial charge on any atom is -0.497 e. The Kier molecular flexibility index (Phi) is 4.23. The molecule has 1 fully saturated rings. The lowest BCUT2D eigenvalue weighted by atomic mass is 10.00. The van der Waals surface area contributed by atoms with Crippen LogP contribution < -0.4 is 9.64 Å². The van der Waals surface area contributed by atoms with Crippen LogP contribution >= 0.6 is 0 Å². The molecule has 0 radical (unpaired) electrons. The molecule has 1 saturated heterocycles. The topological polar surface area (TPSA) is 82.1 Å². The molecule has 0 unspecified atom stereocenters. The highest BCUT2D eigenvalue weighted by Crippen LogP contribution is 2.40. The van der Waals surface area contributed by atoms with Gasteiger partial charge in [-0.05, 0) is 43.2 Å². The van der Waals surface area contributed by atoms with E-state index >= 15 is 0 Å². The molecular formula is C21H20N6O2. The fourth-order valence-electron chi connectivity index (χ4n) is 3.56. The number of ether oxygens (including phenoxy) is 1. The average Bonchev–Trinajstić information content (AvgIpc) is 3.40. The fraction of sp³-hybridized carbons (Fsp3) is 0.238. The van der Waals surface area contributed by atoms with Gasteiger partial charge in [0.1, 0.15) is 17.5 Å². The number of aryl methyl sites for hydroxylation is 1. The van der Waals surface area contributed by atoms with Gasteiger partial charge >= 0.3 is 0 Å². The second kappa shape index (κ2) is 7.05. The quantitative estimate of drug-likeness (QED) is 0.517. The molecule has 0 saturated carbocycles. The summed E-state index contributed by atoms with van der Waals surface area (Å²) in [6.07, 6.45) is 4.30. The lowest BCUT2D eigenvalue weighted by Gasteiger charge is -2.41. The largest absolute Gasteiger partial charge is 0.497 e. The first-order valence-corrected chi connectivity index (χ1v) is 9.45. The summed E-state index contributed by atoms with van der Waals surface area (Å²) in [5.74, 6) is 1.93. The van der Waals surface area contributed by atoms with Crippen molar-refractivity contribution in [2.24, 2.45) is 0 Å². The zero-order valence-electron chi connectivity index (χ0n) is 16.2. The molecule has 1 aliphatic heterocycles. The van der Waals surface area contributed by atoms with Crippen molar-refractivity contribution in [3.05, 3.63) is 66.3 Å². The number of hydrogen-bond acceptors (Lipinski definition) is 7. The maximum Gasteiger partial charge on any atom is 0.249 e. The Balaban J connectivity index is 1.46. The van der Waals surface area contributed by atoms with Crippen molar-refractivity contribution in [1.29, 1.82) is 0 Å². The van der Waals surface area contributed by atoms with Crippen molar-refractivity contribution in [1.82, 2.24) is 25.1 Å². The first-order chi connectivity index (χ1) is 14.2. The molecule has 0 aliphatic carbocycles. The Morgan fingerprint density at radius 3 is 2.69 bits per heavy atom. The molecule has 3 heterocycles. The third-order valence-corrected chi connectivity index (χ3v) is 5.15. The molecule has 2 aromatic carbocycles. The molecule has 0 N–H and O–H groups in total. The number of benzene rings is 2. The normalized spacial score (nSPS) is 15.9. The smallest absolute Gasteiger partial charge is 0.249 e. The number of hydrogen-bond donors (Lipinski definition) is 0. The Morgan fingerprint density at radius 1 is 1.07 bits per heavy atom. The molecule has 0 bridgehead atoms. The lowest BCUT2D eigenvalue weighted by Crippen LogP contribution is -2.41. The first-order valence-electron chi connectivity index (χ1n) is 9.45. The number of nitrogens with zero attached hydrogens (tertiary/aromatic N) is 6. The van der Waals surface area contributed by atoms with Crippen LogP contribution in [0.2, 0.25) is 0 Å². The fourth-order valence-corrected chi connectivity index (χ4v) is 3.56. The summed E-state index contributed by atoms with van der Waals surface area (Å²) in [4.78, 5) is 8.55. The van der Waals surface area contributed by atoms with Crippen LogP contribution in [0.1, 0.15) is 23.9 Å². The summed E-state index contributed by atoms with van der Waals surface area (Å²) in [6.45, 7) is 2.98. The van der Waals surface area contributed by atoms with Gasteiger partial charge in [0, 0.05) is 12.1 Å². The van der Waals surface area contributed by atoms with E-state index in [2.05, 4.69) is 44.3 Å². The van der Waals surface area contributed by atoms with Crippen LogP contribution in [0.15, 0.2) is 59.4 Å². The molecule has 8 heteroatoms. The maximum absolute atomic E-state index is 5.63. The van der Waals surface area contributed by atoms with E-state index < -0.39 is 0 Å². The number of rotatable bonds is 5. The van der Waals surface area contributed by atoms with E-state index in [9.17, 15) is 0 Å². The summed E-state index contributed by atoms with van der Waals surface area (Å²) in [5.41, 5.74) is 4.02. The molecule has 1 aliphatic rings. The van der Waals surface area contributed by atoms with E-state index in [1.165, 1.54) is 5.56 Å². The van der Waals surface area contributed by atoms with Crippen LogP contribution in [0.5, 0.6) is 5.75 Å². The Hall–Kier alpha value is -3.68. The van der Waals surface area contributed by atoms with Crippen molar-refractivity contribution in [2.75, 3.05) is 18.6 Å². The predicted octanol–water partition coefficient (Wildman–Crippen LogP) is 3.59. The van der Waals surface area contributed by atoms with Gasteiger partial charge in [-0.1, -0.05) is 23.4 Å². The molecule has 146 valence electrons. The van der Waals surface area contributed by atoms with Crippen LogP contribution in [0.25, 0.3) is 17.1 Å². The van der Waals surface area contributed by atoms with Gasteiger partial charge in [-0.25, -0.2) is 0 Å². The SMILES string of the molecule is COc1cccc(-c2noc([C@@H]3CCN3c3cc(C)ccc3-n3nccn3)n2)c1. The molecule has 0 amide bonds. The summed E-state index contributed by atoms with van der Waals surface area (Å²) in [6, 6.07) is 13.9. The van der Waals surface area contributed by atoms with Gasteiger partial charge in [0.05, 0.1) is 25.2 Å². The number of aromatic nitrogens is 5. The Labute approximate surface area is 167 Å². The van der Waals surface area contributed by atoms with Crippen molar-refractivity contribution >= 4 is 5.69 Å². The second-order valence-electron chi connectivity index (χ2n) is 7.00. The molecule has 29 heavy (non-hydrogen) atoms. The molecule has 8 nitrogen and oxygen atoms in total. The number of methoxy groups -OCH3 is 1. The minimum absolute atomic E-state index is 0.0259. The highest BCUT2D eigenvalue weighted by molar-refractivity contribution is 5.65. The van der Waals surface area contributed by atoms with Gasteiger partial charge in [0.15, 0.2) is 0 Å². The van der Waals surface area contributed by atoms with Crippen LogP contribution in [0.4, 0.5) is 5.69 Å². The van der Waals surface area contributed by atoms with Crippen molar-refractivity contribution in [2.45, 2.75) is 19.4 Å². The summed E-state index contributed by atoms with van der Waals surface area (Å²) >= 11 is 0. The average molecular weight is 388 g/mol. The van der Waals surface area contributed by atoms with Gasteiger partial charge in [-0.3, -0.25) is 0 Å². The third kappa shape index (κ3) is 3.12. The van der Waals surface area contributed by atoms with Gasteiger partial charge < -0.3 is 14.2 Å². The highest BCUT2D eigenvalue weighted by Gasteiger charge is 2.36. The maximum atomic E-state index is 5.63. The highest BCUT2D eigenvalue weighted by atomic mass is 16.5. The number of anilines is 1. The van der Waals surface area contributed by atoms with E-state index in [1.54, 1.807) is 24.3 Å². The van der Waals surface area contributed by atoms with Gasteiger partial charge in [-0.15, -0.1) is 4.80 Å². The first kappa shape index (κ1) is 17.4. The van der Waals surface area contributed by atoms with Gasteiger partial charge in [-0.2, -0.15) is 15.2 Å². The minimum atomic E-state index is 0.0259. The van der Waals surface area contributed by atoms with Crippen LogP contribution in [-0.4, -0.2) is 38.8 Å². The zero-order valence-corrected chi connectivity index (χ0v) is 16.2. The summed E-state index contributed by atoms with van der Waals surface area (Å²) in [5, 5.41) is 12.8. The second-order valence-corrected chi connectivity index (χ2v) is 7.00. The molecular weight excluding hydrogens is 368 g/mol. The monoisotopic (exact) mass is 388 g/mol. The van der Waals surface area contributed by atoms with Crippen molar-refractivity contribution in [3.8, 4) is 22.8 Å². The molecule has 2 aromatic heterocycles. The van der Waals surface area contributed by atoms with Crippen LogP contribution in [0.3, 0.4) is 0 Å². The van der Waals surface area contributed by atoms with E-state index in [-0.39, 0.29) is 6.04 Å². The lowest BCUT2D eigenvalue weighted by molar-refractivity contribution is 0.309. The molecule has 5 rings (SSSR count). The summed E-state index contributed by atoms with van der Waals surface area (Å²) < 4.78 is 10.9. The van der Waals surface area contributed by atoms with Gasteiger partial charge in [0.2, 0.25) is 11.7 Å². The zero-order chi connectivity index (χ0) is 19.8. The standard InChI is InChI=1S/C21H20N6O2/c1-14-6-7-17(27-22-9-10-23-27)19(12-14)26-11-8-18(26)21-24-20(25-29-21)15-4-3-5-16(13-15)28-2/h3-7,9-10,12-13,18H,8,11H2,1-2H3/t18-/m0/s1. The van der Waals surface area contributed by atoms with Gasteiger partial charge in [0.25, 0.3) is 0 Å². The van der Waals surface area contributed by atoms with E-state index in [0.717, 1.165) is 35.7 Å². The van der Waals surface area contributed by atoms with Crippen LogP contribution in [-0.2, 0) is 0 Å². The molecule has 4 aromatic rings. The van der Waals surface area contributed by atoms with Crippen molar-refractivity contribution < 1.29 is 9.26 Å². The van der Waals surface area contributed by atoms with E-state index in [4.69, 9.17) is 9.26 Å². The molecule has 0 spiro atoms. The third-order valence-electron chi connectivity index (χ3n) is 5.15. The van der Waals surface area contributed by atoms with Crippen molar-refractivity contribution in [3.63, 3.8) is 0 Å². The van der Waals surface area contributed by atoms with E-state index in [0.29, 0.717) is 11.7 Å². The summed E-state index contributed by atoms with van der Waals surface area (Å²) in [7, 11) is 1.64. The van der Waals surface area contributed by atoms with E-state index in [1.807, 2.05) is 30.3 Å². The molecule has 1 atom stereocenters. The Morgan fingerprint density at radius 2 is 1.93 bits per heavy atom. The van der Waals surface area contributed by atoms with Crippen LogP contribution in [0, 0.1) is 6.92 Å². The Bertz CT molecular complexity index is 1140. The predicted molar refractivity (Wildman–Crippen MR) is 107 cm³/mol.